The lowest BCUT2D eigenvalue weighted by Crippen LogP contribution is -2.55. The molecular weight excluding hydrogens is 278 g/mol. The predicted molar refractivity (Wildman–Crippen MR) is 75.9 cm³/mol. The molecule has 1 amide bonds. The molecule has 1 unspecified atom stereocenters. The molecule has 6 nitrogen and oxygen atoms in total. The number of aromatic nitrogens is 2. The second-order valence-corrected chi connectivity index (χ2v) is 6.76. The molecule has 0 aromatic carbocycles. The van der Waals surface area contributed by atoms with E-state index in [9.17, 15) is 9.90 Å². The molecule has 2 rings (SSSR count). The van der Waals surface area contributed by atoms with Crippen LogP contribution in [0.3, 0.4) is 0 Å². The van der Waals surface area contributed by atoms with E-state index in [4.69, 9.17) is 4.74 Å². The van der Waals surface area contributed by atoms with Gasteiger partial charge in [0.25, 0.3) is 5.91 Å². The molecule has 1 aliphatic heterocycles. The molecule has 1 aliphatic rings. The number of carbonyl (C=O) groups excluding carboxylic acids is 1. The van der Waals surface area contributed by atoms with Crippen LogP contribution in [0.2, 0.25) is 0 Å². The quantitative estimate of drug-likeness (QED) is 0.910. The summed E-state index contributed by atoms with van der Waals surface area (Å²) in [6.07, 6.45) is -0.342. The fourth-order valence-electron chi connectivity index (χ4n) is 2.41. The van der Waals surface area contributed by atoms with Crippen molar-refractivity contribution in [3.63, 3.8) is 0 Å². The van der Waals surface area contributed by atoms with Gasteiger partial charge in [0.05, 0.1) is 24.0 Å². The lowest BCUT2D eigenvalue weighted by atomic mass is 10.0. The topological polar surface area (TPSA) is 75.6 Å². The Labute approximate surface area is 122 Å². The summed E-state index contributed by atoms with van der Waals surface area (Å²) in [5, 5.41) is 13.4. The van der Waals surface area contributed by atoms with Gasteiger partial charge in [0, 0.05) is 13.1 Å². The lowest BCUT2D eigenvalue weighted by molar-refractivity contribution is -0.139. The molecule has 20 heavy (non-hydrogen) atoms. The van der Waals surface area contributed by atoms with E-state index >= 15 is 0 Å². The summed E-state index contributed by atoms with van der Waals surface area (Å²) in [6.45, 7) is 8.63. The second-order valence-electron chi connectivity index (χ2n) is 6.01. The summed E-state index contributed by atoms with van der Waals surface area (Å²) in [4.78, 5) is 15.0. The van der Waals surface area contributed by atoms with Gasteiger partial charge in [0.1, 0.15) is 4.88 Å². The van der Waals surface area contributed by atoms with Gasteiger partial charge in [-0.2, -0.15) is 0 Å². The van der Waals surface area contributed by atoms with Crippen LogP contribution in [0, 0.1) is 0 Å². The molecule has 0 bridgehead atoms. The maximum absolute atomic E-state index is 12.7. The summed E-state index contributed by atoms with van der Waals surface area (Å²) in [5.41, 5.74) is 0.280. The van der Waals surface area contributed by atoms with Crippen LogP contribution in [0.1, 0.15) is 49.0 Å². The smallest absolute Gasteiger partial charge is 0.267 e. The first kappa shape index (κ1) is 15.3. The SMILES string of the molecule is CC(C)c1nnsc1C(=O)N1CC(CO)OC(C)(C)C1. The van der Waals surface area contributed by atoms with E-state index in [0.29, 0.717) is 18.0 Å². The maximum Gasteiger partial charge on any atom is 0.267 e. The van der Waals surface area contributed by atoms with Crippen molar-refractivity contribution in [2.24, 2.45) is 0 Å². The molecule has 1 aromatic rings. The molecule has 0 spiro atoms. The summed E-state index contributed by atoms with van der Waals surface area (Å²) >= 11 is 1.13. The van der Waals surface area contributed by atoms with Crippen LogP contribution in [0.15, 0.2) is 0 Å². The third kappa shape index (κ3) is 3.16. The normalized spacial score (nSPS) is 22.3. The Morgan fingerprint density at radius 3 is 2.90 bits per heavy atom. The van der Waals surface area contributed by atoms with Gasteiger partial charge in [-0.25, -0.2) is 0 Å². The highest BCUT2D eigenvalue weighted by Crippen LogP contribution is 2.26. The van der Waals surface area contributed by atoms with Gasteiger partial charge in [-0.05, 0) is 31.3 Å². The van der Waals surface area contributed by atoms with Crippen LogP contribution in [0.25, 0.3) is 0 Å². The molecule has 2 heterocycles. The van der Waals surface area contributed by atoms with Crippen LogP contribution < -0.4 is 0 Å². The Hall–Kier alpha value is -1.05. The molecule has 7 heteroatoms. The van der Waals surface area contributed by atoms with Gasteiger partial charge in [0.15, 0.2) is 0 Å². The van der Waals surface area contributed by atoms with Crippen molar-refractivity contribution in [1.29, 1.82) is 0 Å². The summed E-state index contributed by atoms with van der Waals surface area (Å²) in [6, 6.07) is 0. The Balaban J connectivity index is 2.21. The number of morpholine rings is 1. The van der Waals surface area contributed by atoms with Crippen molar-refractivity contribution >= 4 is 17.4 Å². The molecule has 112 valence electrons. The number of hydrogen-bond donors (Lipinski definition) is 1. The zero-order valence-corrected chi connectivity index (χ0v) is 13.1. The highest BCUT2D eigenvalue weighted by atomic mass is 32.1. The van der Waals surface area contributed by atoms with E-state index in [1.54, 1.807) is 4.90 Å². The average molecular weight is 299 g/mol. The minimum Gasteiger partial charge on any atom is -0.394 e. The standard InChI is InChI=1S/C13H21N3O3S/c1-8(2)10-11(20-15-14-10)12(18)16-5-9(6-17)19-13(3,4)7-16/h8-9,17H,5-7H2,1-4H3. The zero-order chi connectivity index (χ0) is 14.9. The molecule has 0 radical (unpaired) electrons. The fraction of sp³-hybridized carbons (Fsp3) is 0.769. The van der Waals surface area contributed by atoms with E-state index in [2.05, 4.69) is 9.59 Å². The summed E-state index contributed by atoms with van der Waals surface area (Å²) < 4.78 is 9.63. The highest BCUT2D eigenvalue weighted by molar-refractivity contribution is 7.08. The molecular formula is C13H21N3O3S. The molecule has 0 aliphatic carbocycles. The number of amides is 1. The highest BCUT2D eigenvalue weighted by Gasteiger charge is 2.37. The Morgan fingerprint density at radius 1 is 1.60 bits per heavy atom. The number of nitrogens with zero attached hydrogens (tertiary/aromatic N) is 3. The first-order chi connectivity index (χ1) is 9.34. The van der Waals surface area contributed by atoms with Crippen molar-refractivity contribution in [2.45, 2.75) is 45.3 Å². The maximum atomic E-state index is 12.7. The Bertz CT molecular complexity index is 487. The number of aliphatic hydroxyl groups excluding tert-OH is 1. The average Bonchev–Trinajstić information content (AvgIpc) is 2.85. The van der Waals surface area contributed by atoms with Gasteiger partial charge in [-0.3, -0.25) is 4.79 Å². The fourth-order valence-corrected chi connectivity index (χ4v) is 3.20. The minimum absolute atomic E-state index is 0.0708. The molecule has 1 aromatic heterocycles. The molecule has 1 atom stereocenters. The van der Waals surface area contributed by atoms with Crippen LogP contribution in [0.5, 0.6) is 0 Å². The van der Waals surface area contributed by atoms with Crippen LogP contribution in [-0.2, 0) is 4.74 Å². The molecule has 1 fully saturated rings. The third-order valence-corrected chi connectivity index (χ3v) is 3.96. The van der Waals surface area contributed by atoms with Crippen molar-refractivity contribution in [2.75, 3.05) is 19.7 Å². The Kier molecular flexibility index (Phi) is 4.41. The van der Waals surface area contributed by atoms with Crippen LogP contribution in [0.4, 0.5) is 0 Å². The zero-order valence-electron chi connectivity index (χ0n) is 12.3. The van der Waals surface area contributed by atoms with Crippen LogP contribution in [-0.4, -0.2) is 56.9 Å². The second kappa shape index (κ2) is 5.75. The van der Waals surface area contributed by atoms with Gasteiger partial charge in [0.2, 0.25) is 0 Å². The van der Waals surface area contributed by atoms with Crippen LogP contribution >= 0.6 is 11.5 Å². The van der Waals surface area contributed by atoms with E-state index in [1.165, 1.54) is 0 Å². The number of ether oxygens (including phenoxy) is 1. The predicted octanol–water partition coefficient (Wildman–Crippen LogP) is 1.27. The van der Waals surface area contributed by atoms with Gasteiger partial charge < -0.3 is 14.7 Å². The molecule has 1 N–H and O–H groups in total. The van der Waals surface area contributed by atoms with E-state index < -0.39 is 5.60 Å². The monoisotopic (exact) mass is 299 g/mol. The van der Waals surface area contributed by atoms with E-state index in [1.807, 2.05) is 27.7 Å². The first-order valence-electron chi connectivity index (χ1n) is 6.74. The number of hydrogen-bond acceptors (Lipinski definition) is 6. The van der Waals surface area contributed by atoms with Gasteiger partial charge in [-0.1, -0.05) is 18.3 Å². The first-order valence-corrected chi connectivity index (χ1v) is 7.51. The molecule has 1 saturated heterocycles. The largest absolute Gasteiger partial charge is 0.394 e. The lowest BCUT2D eigenvalue weighted by Gasteiger charge is -2.42. The Morgan fingerprint density at radius 2 is 2.30 bits per heavy atom. The number of carbonyl (C=O) groups is 1. The summed E-state index contributed by atoms with van der Waals surface area (Å²) in [7, 11) is 0. The van der Waals surface area contributed by atoms with E-state index in [-0.39, 0.29) is 24.5 Å². The van der Waals surface area contributed by atoms with Crippen molar-refractivity contribution in [3.8, 4) is 0 Å². The van der Waals surface area contributed by atoms with E-state index in [0.717, 1.165) is 17.2 Å². The van der Waals surface area contributed by atoms with Crippen molar-refractivity contribution in [3.05, 3.63) is 10.6 Å². The van der Waals surface area contributed by atoms with Crippen molar-refractivity contribution < 1.29 is 14.6 Å². The molecule has 0 saturated carbocycles. The van der Waals surface area contributed by atoms with Gasteiger partial charge >= 0.3 is 0 Å². The summed E-state index contributed by atoms with van der Waals surface area (Å²) in [5.74, 6) is 0.0916. The number of aliphatic hydroxyl groups is 1. The number of rotatable bonds is 3. The van der Waals surface area contributed by atoms with Crippen molar-refractivity contribution in [1.82, 2.24) is 14.5 Å². The third-order valence-electron chi connectivity index (χ3n) is 3.23. The minimum atomic E-state index is -0.461. The van der Waals surface area contributed by atoms with Gasteiger partial charge in [-0.15, -0.1) is 5.10 Å².